The molecule has 2 aliphatic carbocycles. The van der Waals surface area contributed by atoms with Crippen LogP contribution in [0.4, 0.5) is 0 Å². The van der Waals surface area contributed by atoms with Crippen molar-refractivity contribution in [3.8, 4) is 18.2 Å². The summed E-state index contributed by atoms with van der Waals surface area (Å²) in [5, 5.41) is 37.8. The van der Waals surface area contributed by atoms with Crippen molar-refractivity contribution in [1.29, 1.82) is 21.2 Å². The van der Waals surface area contributed by atoms with Gasteiger partial charge in [0.2, 0.25) is 0 Å². The van der Waals surface area contributed by atoms with Crippen LogP contribution in [-0.2, 0) is 0 Å². The minimum Gasteiger partial charge on any atom is -0.305 e. The maximum atomic E-state index is 9.86. The molecule has 1 saturated carbocycles. The third kappa shape index (κ3) is 2.14. The van der Waals surface area contributed by atoms with Gasteiger partial charge in [-0.25, -0.2) is 0 Å². The van der Waals surface area contributed by atoms with E-state index in [-0.39, 0.29) is 11.6 Å². The van der Waals surface area contributed by atoms with E-state index in [1.165, 1.54) is 0 Å². The Hall–Kier alpha value is -2.90. The Bertz CT molecular complexity index is 802. The fraction of sp³-hybridized carbons (Fsp3) is 0.400. The van der Waals surface area contributed by atoms with Crippen LogP contribution in [0.1, 0.15) is 31.2 Å². The summed E-state index contributed by atoms with van der Waals surface area (Å²) in [5.41, 5.74) is 0.175. The molecule has 1 unspecified atom stereocenters. The van der Waals surface area contributed by atoms with Gasteiger partial charge in [0.05, 0.1) is 23.9 Å². The number of nitriles is 3. The Morgan fingerprint density at radius 1 is 1.08 bits per heavy atom. The number of hydrogen-bond acceptors (Lipinski definition) is 4. The molecule has 1 aromatic rings. The van der Waals surface area contributed by atoms with Crippen molar-refractivity contribution in [2.75, 3.05) is 0 Å². The average Bonchev–Trinajstić information content (AvgIpc) is 2.62. The lowest BCUT2D eigenvalue weighted by atomic mass is 9.52. The summed E-state index contributed by atoms with van der Waals surface area (Å²) >= 11 is 0. The maximum Gasteiger partial charge on any atom is 0.189 e. The molecular formula is C20H18N4. The van der Waals surface area contributed by atoms with E-state index in [2.05, 4.69) is 31.2 Å². The Labute approximate surface area is 142 Å². The van der Waals surface area contributed by atoms with E-state index in [1.807, 2.05) is 30.3 Å². The largest absolute Gasteiger partial charge is 0.305 e. The molecule has 0 aliphatic heterocycles. The Morgan fingerprint density at radius 2 is 1.75 bits per heavy atom. The second-order valence-electron chi connectivity index (χ2n) is 6.72. The molecule has 118 valence electrons. The van der Waals surface area contributed by atoms with Crippen LogP contribution in [0.25, 0.3) is 0 Å². The van der Waals surface area contributed by atoms with Crippen LogP contribution in [-0.4, -0.2) is 5.71 Å². The van der Waals surface area contributed by atoms with E-state index in [4.69, 9.17) is 5.41 Å². The van der Waals surface area contributed by atoms with E-state index in [0.29, 0.717) is 5.92 Å². The molecule has 3 rings (SSSR count). The van der Waals surface area contributed by atoms with Gasteiger partial charge < -0.3 is 5.41 Å². The quantitative estimate of drug-likeness (QED) is 0.795. The molecule has 0 spiro atoms. The molecule has 0 amide bonds. The summed E-state index contributed by atoms with van der Waals surface area (Å²) in [6, 6.07) is 15.9. The molecule has 24 heavy (non-hydrogen) atoms. The average molecular weight is 314 g/mol. The van der Waals surface area contributed by atoms with Crippen molar-refractivity contribution >= 4 is 5.71 Å². The van der Waals surface area contributed by atoms with Gasteiger partial charge in [-0.2, -0.15) is 15.8 Å². The number of nitrogens with one attached hydrogen (secondary N) is 1. The van der Waals surface area contributed by atoms with Gasteiger partial charge in [0.15, 0.2) is 5.41 Å². The summed E-state index contributed by atoms with van der Waals surface area (Å²) in [7, 11) is 0. The molecule has 0 bridgehead atoms. The second kappa shape index (κ2) is 5.95. The molecule has 0 saturated heterocycles. The first-order valence-electron chi connectivity index (χ1n) is 8.16. The molecule has 1 fully saturated rings. The Morgan fingerprint density at radius 3 is 2.33 bits per heavy atom. The number of allylic oxidation sites excluding steroid dienone is 2. The zero-order valence-corrected chi connectivity index (χ0v) is 13.5. The summed E-state index contributed by atoms with van der Waals surface area (Å²) < 4.78 is 0. The van der Waals surface area contributed by atoms with Gasteiger partial charge in [0, 0.05) is 5.92 Å². The number of rotatable bonds is 1. The lowest BCUT2D eigenvalue weighted by Gasteiger charge is -2.46. The lowest BCUT2D eigenvalue weighted by molar-refractivity contribution is 0.303. The summed E-state index contributed by atoms with van der Waals surface area (Å²) in [6.45, 7) is 2.11. The predicted molar refractivity (Wildman–Crippen MR) is 89.6 cm³/mol. The minimum absolute atomic E-state index is 0.0401. The van der Waals surface area contributed by atoms with Gasteiger partial charge in [-0.05, 0) is 35.8 Å². The van der Waals surface area contributed by atoms with Gasteiger partial charge in [-0.3, -0.25) is 0 Å². The van der Waals surface area contributed by atoms with E-state index >= 15 is 0 Å². The van der Waals surface area contributed by atoms with E-state index in [0.717, 1.165) is 24.0 Å². The molecule has 1 N–H and O–H groups in total. The van der Waals surface area contributed by atoms with Gasteiger partial charge >= 0.3 is 0 Å². The van der Waals surface area contributed by atoms with Crippen LogP contribution in [0.5, 0.6) is 0 Å². The molecule has 1 aromatic carbocycles. The number of hydrogen-bond donors (Lipinski definition) is 1. The first-order valence-corrected chi connectivity index (χ1v) is 8.16. The molecule has 0 aromatic heterocycles. The number of benzene rings is 1. The summed E-state index contributed by atoms with van der Waals surface area (Å²) in [4.78, 5) is 0. The molecule has 4 atom stereocenters. The number of nitrogens with zero attached hydrogens (tertiary/aromatic N) is 3. The van der Waals surface area contributed by atoms with Crippen LogP contribution < -0.4 is 0 Å². The van der Waals surface area contributed by atoms with Crippen LogP contribution in [0.3, 0.4) is 0 Å². The van der Waals surface area contributed by atoms with E-state index in [9.17, 15) is 15.8 Å². The zero-order chi connectivity index (χ0) is 17.3. The van der Waals surface area contributed by atoms with Gasteiger partial charge in [-0.1, -0.05) is 43.3 Å². The zero-order valence-electron chi connectivity index (χ0n) is 13.5. The highest BCUT2D eigenvalue weighted by Gasteiger charge is 2.57. The standard InChI is InChI=1S/C20H18N4/c1-13-7-8-15-16(9-13)17(10-21)19(24)20(11-22,12-23)18(15)14-5-3-2-4-6-14/h2-6,9,13,15,17-18,24H,7-8H2,1H3/t13-,15-,17?,18-/m0/s1. The third-order valence-electron chi connectivity index (χ3n) is 5.39. The van der Waals surface area contributed by atoms with Crippen LogP contribution in [0, 0.1) is 62.6 Å². The van der Waals surface area contributed by atoms with Crippen molar-refractivity contribution in [3.63, 3.8) is 0 Å². The SMILES string of the molecule is C[C@@H]1C=C2C(C#N)C(=N)C(C#N)(C#N)[C@@H](c3ccccc3)[C@H]2CC1. The smallest absolute Gasteiger partial charge is 0.189 e. The summed E-state index contributed by atoms with van der Waals surface area (Å²) in [6.07, 6.45) is 3.89. The topological polar surface area (TPSA) is 95.2 Å². The van der Waals surface area contributed by atoms with Crippen molar-refractivity contribution in [2.24, 2.45) is 23.2 Å². The molecule has 0 radical (unpaired) electrons. The second-order valence-corrected chi connectivity index (χ2v) is 6.72. The molecule has 4 heteroatoms. The third-order valence-corrected chi connectivity index (χ3v) is 5.39. The number of fused-ring (bicyclic) bond motifs is 1. The van der Waals surface area contributed by atoms with Crippen molar-refractivity contribution in [2.45, 2.75) is 25.7 Å². The van der Waals surface area contributed by atoms with Gasteiger partial charge in [0.25, 0.3) is 0 Å². The van der Waals surface area contributed by atoms with Crippen molar-refractivity contribution in [3.05, 3.63) is 47.5 Å². The fourth-order valence-corrected chi connectivity index (χ4v) is 4.24. The van der Waals surface area contributed by atoms with Crippen molar-refractivity contribution in [1.82, 2.24) is 0 Å². The Kier molecular flexibility index (Phi) is 3.96. The lowest BCUT2D eigenvalue weighted by Crippen LogP contribution is -2.49. The van der Waals surface area contributed by atoms with Crippen LogP contribution in [0.15, 0.2) is 42.0 Å². The van der Waals surface area contributed by atoms with Crippen molar-refractivity contribution < 1.29 is 0 Å². The van der Waals surface area contributed by atoms with Crippen LogP contribution >= 0.6 is 0 Å². The normalized spacial score (nSPS) is 30.9. The molecule has 2 aliphatic rings. The monoisotopic (exact) mass is 314 g/mol. The Balaban J connectivity index is 2.26. The fourth-order valence-electron chi connectivity index (χ4n) is 4.24. The molecular weight excluding hydrogens is 296 g/mol. The first-order chi connectivity index (χ1) is 11.6. The molecule has 0 heterocycles. The highest BCUT2D eigenvalue weighted by atomic mass is 14.6. The molecule has 4 nitrogen and oxygen atoms in total. The van der Waals surface area contributed by atoms with E-state index < -0.39 is 17.3 Å². The predicted octanol–water partition coefficient (Wildman–Crippen LogP) is 3.95. The maximum absolute atomic E-state index is 9.86. The highest BCUT2D eigenvalue weighted by molar-refractivity contribution is 6.00. The van der Waals surface area contributed by atoms with Crippen LogP contribution in [0.2, 0.25) is 0 Å². The van der Waals surface area contributed by atoms with E-state index in [1.54, 1.807) is 0 Å². The van der Waals surface area contributed by atoms with Gasteiger partial charge in [0.1, 0.15) is 5.92 Å². The highest BCUT2D eigenvalue weighted by Crippen LogP contribution is 2.55. The minimum atomic E-state index is -1.58. The first kappa shape index (κ1) is 16.0. The van der Waals surface area contributed by atoms with Gasteiger partial charge in [-0.15, -0.1) is 0 Å². The summed E-state index contributed by atoms with van der Waals surface area (Å²) in [5.74, 6) is -0.851.